The summed E-state index contributed by atoms with van der Waals surface area (Å²) in [6, 6.07) is 0. The number of carboxylic acid groups (broad SMARTS) is 1. The quantitative estimate of drug-likeness (QED) is 0.506. The van der Waals surface area contributed by atoms with Crippen LogP contribution >= 0.6 is 0 Å². The number of aliphatic carboxylic acids is 1. The molecular weight excluding hydrogens is 264 g/mol. The monoisotopic (exact) mass is 288 g/mol. The van der Waals surface area contributed by atoms with Gasteiger partial charge in [-0.3, -0.25) is 14.4 Å². The molecular formula is C13H24N2O5. The minimum atomic E-state index is -1.19. The first-order valence-corrected chi connectivity index (χ1v) is 6.34. The van der Waals surface area contributed by atoms with Gasteiger partial charge in [-0.25, -0.2) is 0 Å². The highest BCUT2D eigenvalue weighted by atomic mass is 16.5. The van der Waals surface area contributed by atoms with Crippen LogP contribution in [0.2, 0.25) is 0 Å². The Hall–Kier alpha value is -1.63. The number of nitrogens with one attached hydrogen (secondary N) is 1. The molecule has 20 heavy (non-hydrogen) atoms. The van der Waals surface area contributed by atoms with Gasteiger partial charge >= 0.3 is 5.97 Å². The molecule has 0 fully saturated rings. The molecule has 0 saturated carbocycles. The minimum Gasteiger partial charge on any atom is -0.481 e. The van der Waals surface area contributed by atoms with Gasteiger partial charge in [0.2, 0.25) is 11.8 Å². The molecule has 0 aromatic heterocycles. The maximum Gasteiger partial charge on any atom is 0.316 e. The molecule has 0 aromatic carbocycles. The van der Waals surface area contributed by atoms with E-state index in [1.165, 1.54) is 14.2 Å². The molecule has 0 rings (SSSR count). The molecule has 2 N–H and O–H groups in total. The van der Waals surface area contributed by atoms with E-state index in [1.807, 2.05) is 0 Å². The number of hydrogen-bond acceptors (Lipinski definition) is 4. The number of amides is 2. The van der Waals surface area contributed by atoms with Gasteiger partial charge in [0.05, 0.1) is 13.2 Å². The first kappa shape index (κ1) is 18.4. The molecule has 2 amide bonds. The fraction of sp³-hybridized carbons (Fsp3) is 0.769. The van der Waals surface area contributed by atoms with E-state index < -0.39 is 23.2 Å². The second kappa shape index (κ2) is 7.84. The third-order valence-corrected chi connectivity index (χ3v) is 2.75. The lowest BCUT2D eigenvalue weighted by Gasteiger charge is -2.29. The summed E-state index contributed by atoms with van der Waals surface area (Å²) in [6.45, 7) is 5.58. The predicted molar refractivity (Wildman–Crippen MR) is 73.1 cm³/mol. The van der Waals surface area contributed by atoms with Crippen LogP contribution in [0.5, 0.6) is 0 Å². The summed E-state index contributed by atoms with van der Waals surface area (Å²) < 4.78 is 4.79. The van der Waals surface area contributed by atoms with Gasteiger partial charge in [-0.2, -0.15) is 0 Å². The van der Waals surface area contributed by atoms with E-state index in [0.717, 1.165) is 4.90 Å². The average Bonchev–Trinajstić information content (AvgIpc) is 2.26. The SMILES string of the molecule is COCCNC(=O)CN(C)C(=O)C(C(=O)O)C(C)(C)C. The van der Waals surface area contributed by atoms with Crippen LogP contribution in [0.1, 0.15) is 20.8 Å². The van der Waals surface area contributed by atoms with Crippen LogP contribution in [0, 0.1) is 11.3 Å². The van der Waals surface area contributed by atoms with Crippen LogP contribution in [0.4, 0.5) is 0 Å². The number of likely N-dealkylation sites (N-methyl/N-ethyl adjacent to an activating group) is 1. The largest absolute Gasteiger partial charge is 0.481 e. The van der Waals surface area contributed by atoms with E-state index in [0.29, 0.717) is 13.2 Å². The Morgan fingerprint density at radius 2 is 1.85 bits per heavy atom. The van der Waals surface area contributed by atoms with E-state index in [9.17, 15) is 19.5 Å². The van der Waals surface area contributed by atoms with E-state index in [2.05, 4.69) is 5.32 Å². The van der Waals surface area contributed by atoms with E-state index >= 15 is 0 Å². The summed E-state index contributed by atoms with van der Waals surface area (Å²) in [7, 11) is 2.93. The van der Waals surface area contributed by atoms with Crippen molar-refractivity contribution in [1.29, 1.82) is 0 Å². The number of nitrogens with zero attached hydrogens (tertiary/aromatic N) is 1. The van der Waals surface area contributed by atoms with Gasteiger partial charge in [0.15, 0.2) is 0 Å². The lowest BCUT2D eigenvalue weighted by molar-refractivity contribution is -0.156. The fourth-order valence-electron chi connectivity index (χ4n) is 1.71. The summed E-state index contributed by atoms with van der Waals surface area (Å²) in [4.78, 5) is 36.1. The number of methoxy groups -OCH3 is 1. The van der Waals surface area contributed by atoms with Gasteiger partial charge in [0.25, 0.3) is 0 Å². The molecule has 0 aliphatic heterocycles. The zero-order valence-electron chi connectivity index (χ0n) is 12.7. The number of carbonyl (C=O) groups excluding carboxylic acids is 2. The molecule has 0 aliphatic carbocycles. The van der Waals surface area contributed by atoms with Crippen molar-refractivity contribution in [2.24, 2.45) is 11.3 Å². The van der Waals surface area contributed by atoms with Crippen molar-refractivity contribution in [3.8, 4) is 0 Å². The van der Waals surface area contributed by atoms with E-state index in [-0.39, 0.29) is 12.5 Å². The Morgan fingerprint density at radius 1 is 1.30 bits per heavy atom. The number of hydrogen-bond donors (Lipinski definition) is 2. The van der Waals surface area contributed by atoms with Crippen molar-refractivity contribution in [2.45, 2.75) is 20.8 Å². The molecule has 7 heteroatoms. The van der Waals surface area contributed by atoms with Crippen molar-refractivity contribution in [2.75, 3.05) is 33.9 Å². The molecule has 1 atom stereocenters. The summed E-state index contributed by atoms with van der Waals surface area (Å²) in [5, 5.41) is 11.7. The molecule has 116 valence electrons. The summed E-state index contributed by atoms with van der Waals surface area (Å²) in [5.74, 6) is -3.30. The van der Waals surface area contributed by atoms with Crippen molar-refractivity contribution in [3.05, 3.63) is 0 Å². The highest BCUT2D eigenvalue weighted by Crippen LogP contribution is 2.27. The molecule has 0 spiro atoms. The van der Waals surface area contributed by atoms with Crippen molar-refractivity contribution in [1.82, 2.24) is 10.2 Å². The second-order valence-corrected chi connectivity index (χ2v) is 5.67. The van der Waals surface area contributed by atoms with Gasteiger partial charge in [-0.15, -0.1) is 0 Å². The summed E-state index contributed by atoms with van der Waals surface area (Å²) >= 11 is 0. The number of ether oxygens (including phenoxy) is 1. The molecule has 0 aromatic rings. The molecule has 0 radical (unpaired) electrons. The van der Waals surface area contributed by atoms with Gasteiger partial charge in [0, 0.05) is 20.7 Å². The smallest absolute Gasteiger partial charge is 0.316 e. The summed E-state index contributed by atoms with van der Waals surface area (Å²) in [5.41, 5.74) is -0.719. The fourth-order valence-corrected chi connectivity index (χ4v) is 1.71. The van der Waals surface area contributed by atoms with Crippen LogP contribution in [-0.4, -0.2) is 61.6 Å². The van der Waals surface area contributed by atoms with Crippen LogP contribution < -0.4 is 5.32 Å². The van der Waals surface area contributed by atoms with Gasteiger partial charge in [0.1, 0.15) is 5.92 Å². The van der Waals surface area contributed by atoms with Crippen LogP contribution in [0.25, 0.3) is 0 Å². The van der Waals surface area contributed by atoms with Gasteiger partial charge in [-0.05, 0) is 5.41 Å². The Bertz CT molecular complexity index is 362. The van der Waals surface area contributed by atoms with E-state index in [1.54, 1.807) is 20.8 Å². The predicted octanol–water partition coefficient (Wildman–Crippen LogP) is -0.0457. The van der Waals surface area contributed by atoms with Crippen LogP contribution in [0.3, 0.4) is 0 Å². The zero-order chi connectivity index (χ0) is 15.9. The Morgan fingerprint density at radius 3 is 2.25 bits per heavy atom. The molecule has 0 heterocycles. The second-order valence-electron chi connectivity index (χ2n) is 5.67. The number of rotatable bonds is 7. The Balaban J connectivity index is 4.60. The number of carbonyl (C=O) groups is 3. The number of carboxylic acids is 1. The first-order valence-electron chi connectivity index (χ1n) is 6.34. The first-order chi connectivity index (χ1) is 9.11. The molecule has 1 unspecified atom stereocenters. The van der Waals surface area contributed by atoms with Gasteiger partial charge < -0.3 is 20.1 Å². The van der Waals surface area contributed by atoms with Crippen LogP contribution in [-0.2, 0) is 19.1 Å². The maximum absolute atomic E-state index is 12.1. The maximum atomic E-state index is 12.1. The van der Waals surface area contributed by atoms with Crippen LogP contribution in [0.15, 0.2) is 0 Å². The topological polar surface area (TPSA) is 95.9 Å². The lowest BCUT2D eigenvalue weighted by atomic mass is 9.80. The third-order valence-electron chi connectivity index (χ3n) is 2.75. The summed E-state index contributed by atoms with van der Waals surface area (Å²) in [6.07, 6.45) is 0. The molecule has 7 nitrogen and oxygen atoms in total. The zero-order valence-corrected chi connectivity index (χ0v) is 12.7. The minimum absolute atomic E-state index is 0.178. The average molecular weight is 288 g/mol. The Kier molecular flexibility index (Phi) is 7.20. The third kappa shape index (κ3) is 6.01. The van der Waals surface area contributed by atoms with Crippen molar-refractivity contribution < 1.29 is 24.2 Å². The molecule has 0 aliphatic rings. The lowest BCUT2D eigenvalue weighted by Crippen LogP contribution is -2.47. The van der Waals surface area contributed by atoms with Gasteiger partial charge in [-0.1, -0.05) is 20.8 Å². The molecule has 0 bridgehead atoms. The normalized spacial score (nSPS) is 12.7. The highest BCUT2D eigenvalue weighted by molar-refractivity contribution is 5.99. The molecule has 0 saturated heterocycles. The highest BCUT2D eigenvalue weighted by Gasteiger charge is 2.39. The van der Waals surface area contributed by atoms with Crippen molar-refractivity contribution >= 4 is 17.8 Å². The van der Waals surface area contributed by atoms with E-state index in [4.69, 9.17) is 4.74 Å². The standard InChI is InChI=1S/C13H24N2O5/c1-13(2,3)10(12(18)19)11(17)15(4)8-9(16)14-6-7-20-5/h10H,6-8H2,1-5H3,(H,14,16)(H,18,19). The Labute approximate surface area is 119 Å². The van der Waals surface area contributed by atoms with Crippen molar-refractivity contribution in [3.63, 3.8) is 0 Å².